The molecule has 152 valence electrons. The third-order valence-corrected chi connectivity index (χ3v) is 5.52. The molecule has 0 saturated carbocycles. The zero-order chi connectivity index (χ0) is 18.7. The number of hydrogen-bond donors (Lipinski definition) is 1. The van der Waals surface area contributed by atoms with E-state index < -0.39 is 0 Å². The number of H-pyrrole nitrogens is 1. The summed E-state index contributed by atoms with van der Waals surface area (Å²) < 4.78 is 0. The number of aryl methyl sites for hydroxylation is 2. The maximum atomic E-state index is 4.37. The predicted octanol–water partition coefficient (Wildman–Crippen LogP) is 8.30. The molecule has 0 spiro atoms. The van der Waals surface area contributed by atoms with Crippen molar-refractivity contribution >= 4 is 0 Å². The van der Waals surface area contributed by atoms with Crippen LogP contribution >= 0.6 is 0 Å². The molecule has 0 atom stereocenters. The largest absolute Gasteiger partial charge is 0.346 e. The molecule has 0 aromatic carbocycles. The zero-order valence-corrected chi connectivity index (χ0v) is 18.0. The molecule has 0 bridgehead atoms. The van der Waals surface area contributed by atoms with E-state index in [-0.39, 0.29) is 0 Å². The molecular weight excluding hydrogens is 316 g/mol. The van der Waals surface area contributed by atoms with Gasteiger partial charge in [0.25, 0.3) is 0 Å². The summed E-state index contributed by atoms with van der Waals surface area (Å²) in [6, 6.07) is 0. The molecule has 0 fully saturated rings. The van der Waals surface area contributed by atoms with Crippen LogP contribution in [0.4, 0.5) is 0 Å². The molecule has 0 radical (unpaired) electrons. The second-order valence-electron chi connectivity index (χ2n) is 8.27. The van der Waals surface area contributed by atoms with Gasteiger partial charge in [0.15, 0.2) is 0 Å². The van der Waals surface area contributed by atoms with E-state index in [9.17, 15) is 0 Å². The molecule has 0 unspecified atom stereocenters. The highest BCUT2D eigenvalue weighted by Crippen LogP contribution is 2.14. The average Bonchev–Trinajstić information content (AvgIpc) is 3.06. The normalized spacial score (nSPS) is 11.3. The van der Waals surface area contributed by atoms with Crippen LogP contribution in [0.5, 0.6) is 0 Å². The van der Waals surface area contributed by atoms with Gasteiger partial charge in [0.2, 0.25) is 0 Å². The van der Waals surface area contributed by atoms with Crippen LogP contribution in [0, 0.1) is 6.92 Å². The van der Waals surface area contributed by atoms with Gasteiger partial charge >= 0.3 is 0 Å². The standard InChI is InChI=1S/C24H46N2/c1-3-4-5-6-7-8-9-10-11-12-13-14-15-16-17-18-19-20-21-24-25-22-23(2)26-24/h22H,3-21H2,1-2H3,(H,25,26). The second-order valence-corrected chi connectivity index (χ2v) is 8.27. The summed E-state index contributed by atoms with van der Waals surface area (Å²) in [6.45, 7) is 4.37. The van der Waals surface area contributed by atoms with E-state index in [0.29, 0.717) is 0 Å². The summed E-state index contributed by atoms with van der Waals surface area (Å²) in [5, 5.41) is 0. The maximum absolute atomic E-state index is 4.37. The van der Waals surface area contributed by atoms with Crippen molar-refractivity contribution in [1.29, 1.82) is 0 Å². The number of imidazole rings is 1. The van der Waals surface area contributed by atoms with Gasteiger partial charge in [0.1, 0.15) is 5.82 Å². The Bertz CT molecular complexity index is 397. The van der Waals surface area contributed by atoms with Crippen molar-refractivity contribution in [2.24, 2.45) is 0 Å². The fourth-order valence-corrected chi connectivity index (χ4v) is 3.79. The summed E-state index contributed by atoms with van der Waals surface area (Å²) in [5.41, 5.74) is 1.18. The SMILES string of the molecule is CCCCCCCCCCCCCCCCCCCCc1ncc(C)[nH]1. The minimum Gasteiger partial charge on any atom is -0.346 e. The minimum absolute atomic E-state index is 1.12. The molecule has 0 aliphatic carbocycles. The maximum Gasteiger partial charge on any atom is 0.106 e. The smallest absolute Gasteiger partial charge is 0.106 e. The Hall–Kier alpha value is -0.790. The zero-order valence-electron chi connectivity index (χ0n) is 18.0. The third kappa shape index (κ3) is 14.4. The Balaban J connectivity index is 1.68. The molecule has 0 aliphatic heterocycles. The van der Waals surface area contributed by atoms with Gasteiger partial charge in [0.05, 0.1) is 0 Å². The van der Waals surface area contributed by atoms with Crippen LogP contribution in [0.3, 0.4) is 0 Å². The first kappa shape index (κ1) is 23.2. The number of hydrogen-bond acceptors (Lipinski definition) is 1. The molecule has 1 rings (SSSR count). The third-order valence-electron chi connectivity index (χ3n) is 5.52. The Morgan fingerprint density at radius 1 is 0.615 bits per heavy atom. The first-order valence-electron chi connectivity index (χ1n) is 11.8. The quantitative estimate of drug-likeness (QED) is 0.246. The van der Waals surface area contributed by atoms with Crippen LogP contribution in [-0.2, 0) is 6.42 Å². The van der Waals surface area contributed by atoms with Crippen LogP contribution < -0.4 is 0 Å². The Morgan fingerprint density at radius 2 is 1.00 bits per heavy atom. The lowest BCUT2D eigenvalue weighted by Crippen LogP contribution is -1.89. The number of unbranched alkanes of at least 4 members (excludes halogenated alkanes) is 17. The second kappa shape index (κ2) is 17.6. The van der Waals surface area contributed by atoms with E-state index >= 15 is 0 Å². The van der Waals surface area contributed by atoms with E-state index in [0.717, 1.165) is 6.42 Å². The molecule has 26 heavy (non-hydrogen) atoms. The van der Waals surface area contributed by atoms with Gasteiger partial charge in [-0.15, -0.1) is 0 Å². The van der Waals surface area contributed by atoms with Gasteiger partial charge in [-0.25, -0.2) is 4.98 Å². The highest BCUT2D eigenvalue weighted by atomic mass is 14.9. The van der Waals surface area contributed by atoms with Gasteiger partial charge in [-0.05, 0) is 13.3 Å². The molecule has 2 heteroatoms. The summed E-state index contributed by atoms with van der Waals surface area (Å²) in [7, 11) is 0. The Kier molecular flexibility index (Phi) is 15.8. The lowest BCUT2D eigenvalue weighted by Gasteiger charge is -2.03. The van der Waals surface area contributed by atoms with Gasteiger partial charge in [0, 0.05) is 18.3 Å². The number of nitrogens with one attached hydrogen (secondary N) is 1. The van der Waals surface area contributed by atoms with Crippen LogP contribution in [0.1, 0.15) is 134 Å². The van der Waals surface area contributed by atoms with Crippen LogP contribution in [0.15, 0.2) is 6.20 Å². The minimum atomic E-state index is 1.12. The van der Waals surface area contributed by atoms with E-state index in [1.54, 1.807) is 0 Å². The van der Waals surface area contributed by atoms with Crippen molar-refractivity contribution in [1.82, 2.24) is 9.97 Å². The molecular formula is C24H46N2. The summed E-state index contributed by atoms with van der Waals surface area (Å²) in [6.07, 6.45) is 28.9. The monoisotopic (exact) mass is 362 g/mol. The molecule has 1 aromatic heterocycles. The highest BCUT2D eigenvalue weighted by Gasteiger charge is 1.98. The van der Waals surface area contributed by atoms with E-state index in [1.165, 1.54) is 127 Å². The molecule has 0 aliphatic rings. The van der Waals surface area contributed by atoms with Crippen molar-refractivity contribution in [3.05, 3.63) is 17.7 Å². The topological polar surface area (TPSA) is 28.7 Å². The average molecular weight is 363 g/mol. The van der Waals surface area contributed by atoms with Crippen LogP contribution in [0.25, 0.3) is 0 Å². The molecule has 1 heterocycles. The van der Waals surface area contributed by atoms with Crippen molar-refractivity contribution in [3.8, 4) is 0 Å². The summed E-state index contributed by atoms with van der Waals surface area (Å²) >= 11 is 0. The summed E-state index contributed by atoms with van der Waals surface area (Å²) in [4.78, 5) is 7.70. The number of rotatable bonds is 19. The number of nitrogens with zero attached hydrogens (tertiary/aromatic N) is 1. The lowest BCUT2D eigenvalue weighted by atomic mass is 10.0. The van der Waals surface area contributed by atoms with E-state index in [2.05, 4.69) is 23.8 Å². The van der Waals surface area contributed by atoms with Crippen molar-refractivity contribution < 1.29 is 0 Å². The summed E-state index contributed by atoms with van der Waals surface area (Å²) in [5.74, 6) is 1.17. The lowest BCUT2D eigenvalue weighted by molar-refractivity contribution is 0.524. The number of aromatic nitrogens is 2. The first-order valence-corrected chi connectivity index (χ1v) is 11.8. The first-order chi connectivity index (χ1) is 12.8. The van der Waals surface area contributed by atoms with Gasteiger partial charge in [-0.3, -0.25) is 0 Å². The fraction of sp³-hybridized carbons (Fsp3) is 0.875. The molecule has 1 aromatic rings. The van der Waals surface area contributed by atoms with Crippen molar-refractivity contribution in [2.75, 3.05) is 0 Å². The fourth-order valence-electron chi connectivity index (χ4n) is 3.79. The molecule has 1 N–H and O–H groups in total. The Morgan fingerprint density at radius 3 is 1.35 bits per heavy atom. The Labute approximate surface area is 164 Å². The van der Waals surface area contributed by atoms with Crippen molar-refractivity contribution in [3.63, 3.8) is 0 Å². The molecule has 0 saturated heterocycles. The van der Waals surface area contributed by atoms with Crippen molar-refractivity contribution in [2.45, 2.75) is 136 Å². The predicted molar refractivity (Wildman–Crippen MR) is 116 cm³/mol. The van der Waals surface area contributed by atoms with Crippen LogP contribution in [-0.4, -0.2) is 9.97 Å². The van der Waals surface area contributed by atoms with Gasteiger partial charge < -0.3 is 4.98 Å². The number of aromatic amines is 1. The van der Waals surface area contributed by atoms with E-state index in [4.69, 9.17) is 0 Å². The van der Waals surface area contributed by atoms with Gasteiger partial charge in [-0.2, -0.15) is 0 Å². The molecule has 0 amide bonds. The highest BCUT2D eigenvalue weighted by molar-refractivity contribution is 4.98. The van der Waals surface area contributed by atoms with Crippen LogP contribution in [0.2, 0.25) is 0 Å². The van der Waals surface area contributed by atoms with E-state index in [1.807, 2.05) is 6.20 Å². The molecule has 2 nitrogen and oxygen atoms in total. The van der Waals surface area contributed by atoms with Gasteiger partial charge in [-0.1, -0.05) is 116 Å².